The normalized spacial score (nSPS) is 11.0. The largest absolute Gasteiger partial charge is 0.356 e. The maximum absolute atomic E-state index is 11.7. The summed E-state index contributed by atoms with van der Waals surface area (Å²) in [4.78, 5) is 17.7. The summed E-state index contributed by atoms with van der Waals surface area (Å²) in [6.45, 7) is 5.55. The highest BCUT2D eigenvalue weighted by Gasteiger charge is 2.07. The highest BCUT2D eigenvalue weighted by Crippen LogP contribution is 2.21. The van der Waals surface area contributed by atoms with Gasteiger partial charge in [-0.15, -0.1) is 24.0 Å². The van der Waals surface area contributed by atoms with Crippen molar-refractivity contribution in [1.29, 1.82) is 0 Å². The summed E-state index contributed by atoms with van der Waals surface area (Å²) in [7, 11) is 3.44. The van der Waals surface area contributed by atoms with Crippen LogP contribution in [0.4, 0.5) is 0 Å². The monoisotopic (exact) mass is 486 g/mol. The number of likely N-dealkylation sites (N-methyl/N-ethyl adjacent to an activating group) is 1. The molecule has 2 N–H and O–H groups in total. The lowest BCUT2D eigenvalue weighted by Gasteiger charge is -2.16. The summed E-state index contributed by atoms with van der Waals surface area (Å²) in [5.74, 6) is 1.03. The van der Waals surface area contributed by atoms with Crippen LogP contribution in [0.5, 0.6) is 0 Å². The second-order valence-corrected chi connectivity index (χ2v) is 6.66. The van der Waals surface area contributed by atoms with Gasteiger partial charge in [0.1, 0.15) is 0 Å². The molecule has 8 heteroatoms. The number of halogens is 3. The van der Waals surface area contributed by atoms with Gasteiger partial charge in [0.05, 0.1) is 13.1 Å². The van der Waals surface area contributed by atoms with Gasteiger partial charge in [-0.05, 0) is 23.6 Å². The molecule has 24 heavy (non-hydrogen) atoms. The lowest BCUT2D eigenvalue weighted by molar-refractivity contribution is -0.127. The van der Waals surface area contributed by atoms with Gasteiger partial charge in [-0.3, -0.25) is 4.79 Å². The average molecular weight is 487 g/mol. The number of benzene rings is 1. The summed E-state index contributed by atoms with van der Waals surface area (Å²) >= 11 is 12.0. The van der Waals surface area contributed by atoms with Crippen molar-refractivity contribution in [2.75, 3.05) is 27.2 Å². The van der Waals surface area contributed by atoms with Crippen LogP contribution in [-0.4, -0.2) is 44.0 Å². The van der Waals surface area contributed by atoms with Gasteiger partial charge in [-0.1, -0.05) is 43.1 Å². The first-order valence-electron chi connectivity index (χ1n) is 7.46. The topological polar surface area (TPSA) is 56.7 Å². The SMILES string of the molecule is CC(C)CNC(=NCc1ccc(Cl)cc1Cl)NCC(=O)N(C)C.I. The Morgan fingerprint density at radius 3 is 2.46 bits per heavy atom. The van der Waals surface area contributed by atoms with Crippen LogP contribution in [0.3, 0.4) is 0 Å². The van der Waals surface area contributed by atoms with E-state index in [4.69, 9.17) is 23.2 Å². The molecule has 1 rings (SSSR count). The van der Waals surface area contributed by atoms with Crippen LogP contribution < -0.4 is 10.6 Å². The molecular weight excluding hydrogens is 462 g/mol. The van der Waals surface area contributed by atoms with Crippen LogP contribution in [0.15, 0.2) is 23.2 Å². The molecule has 1 aromatic rings. The lowest BCUT2D eigenvalue weighted by Crippen LogP contribution is -2.44. The van der Waals surface area contributed by atoms with Gasteiger partial charge in [0, 0.05) is 30.7 Å². The molecule has 5 nitrogen and oxygen atoms in total. The van der Waals surface area contributed by atoms with Crippen molar-refractivity contribution in [3.05, 3.63) is 33.8 Å². The van der Waals surface area contributed by atoms with Crippen LogP contribution in [0.25, 0.3) is 0 Å². The van der Waals surface area contributed by atoms with Crippen molar-refractivity contribution < 1.29 is 4.79 Å². The molecular formula is C16H25Cl2IN4O. The molecule has 0 heterocycles. The van der Waals surface area contributed by atoms with Gasteiger partial charge < -0.3 is 15.5 Å². The van der Waals surface area contributed by atoms with Gasteiger partial charge in [-0.2, -0.15) is 0 Å². The third-order valence-electron chi connectivity index (χ3n) is 3.01. The Labute approximate surface area is 171 Å². The summed E-state index contributed by atoms with van der Waals surface area (Å²) in [5.41, 5.74) is 0.876. The van der Waals surface area contributed by atoms with Crippen LogP contribution in [0, 0.1) is 5.92 Å². The van der Waals surface area contributed by atoms with E-state index < -0.39 is 0 Å². The Kier molecular flexibility index (Phi) is 11.4. The van der Waals surface area contributed by atoms with E-state index in [0.717, 1.165) is 12.1 Å². The van der Waals surface area contributed by atoms with Crippen molar-refractivity contribution in [2.45, 2.75) is 20.4 Å². The molecule has 0 unspecified atom stereocenters. The standard InChI is InChI=1S/C16H24Cl2N4O.HI/c1-11(2)8-19-16(21-10-15(23)22(3)4)20-9-12-5-6-13(17)7-14(12)18;/h5-7,11H,8-10H2,1-4H3,(H2,19,20,21);1H. The number of aliphatic imine (C=N–C) groups is 1. The fraction of sp³-hybridized carbons (Fsp3) is 0.500. The van der Waals surface area contributed by atoms with E-state index in [0.29, 0.717) is 28.5 Å². The molecule has 0 aliphatic rings. The van der Waals surface area contributed by atoms with E-state index in [2.05, 4.69) is 29.5 Å². The molecule has 136 valence electrons. The number of carbonyl (C=O) groups excluding carboxylic acids is 1. The predicted octanol–water partition coefficient (Wildman–Crippen LogP) is 3.39. The van der Waals surface area contributed by atoms with Crippen molar-refractivity contribution in [3.8, 4) is 0 Å². The first-order valence-corrected chi connectivity index (χ1v) is 8.21. The van der Waals surface area contributed by atoms with Crippen molar-refractivity contribution in [3.63, 3.8) is 0 Å². The Morgan fingerprint density at radius 1 is 1.25 bits per heavy atom. The third kappa shape index (κ3) is 8.94. The number of nitrogens with one attached hydrogen (secondary N) is 2. The Balaban J connectivity index is 0.00000529. The van der Waals surface area contributed by atoms with Crippen LogP contribution in [0.1, 0.15) is 19.4 Å². The summed E-state index contributed by atoms with van der Waals surface area (Å²) in [5, 5.41) is 7.42. The van der Waals surface area contributed by atoms with Gasteiger partial charge in [0.2, 0.25) is 5.91 Å². The number of hydrogen-bond donors (Lipinski definition) is 2. The van der Waals surface area contributed by atoms with E-state index >= 15 is 0 Å². The second-order valence-electron chi connectivity index (χ2n) is 5.82. The highest BCUT2D eigenvalue weighted by molar-refractivity contribution is 14.0. The molecule has 0 saturated heterocycles. The molecule has 0 radical (unpaired) electrons. The van der Waals surface area contributed by atoms with Crippen LogP contribution in [0.2, 0.25) is 10.0 Å². The Bertz CT molecular complexity index is 565. The van der Waals surface area contributed by atoms with Crippen molar-refractivity contribution >= 4 is 59.0 Å². The second kappa shape index (κ2) is 11.8. The number of rotatable bonds is 6. The molecule has 0 atom stereocenters. The van der Waals surface area contributed by atoms with Gasteiger partial charge in [0.25, 0.3) is 0 Å². The van der Waals surface area contributed by atoms with E-state index in [-0.39, 0.29) is 36.4 Å². The zero-order valence-corrected chi connectivity index (χ0v) is 18.2. The molecule has 0 aromatic heterocycles. The molecule has 0 saturated carbocycles. The van der Waals surface area contributed by atoms with Crippen LogP contribution >= 0.6 is 47.2 Å². The minimum absolute atomic E-state index is 0. The number of hydrogen-bond acceptors (Lipinski definition) is 2. The number of guanidine groups is 1. The molecule has 1 aromatic carbocycles. The quantitative estimate of drug-likeness (QED) is 0.368. The first kappa shape index (κ1) is 23.3. The van der Waals surface area contributed by atoms with Gasteiger partial charge in [-0.25, -0.2) is 4.99 Å². The highest BCUT2D eigenvalue weighted by atomic mass is 127. The summed E-state index contributed by atoms with van der Waals surface area (Å²) < 4.78 is 0. The van der Waals surface area contributed by atoms with E-state index in [1.165, 1.54) is 4.90 Å². The van der Waals surface area contributed by atoms with Gasteiger partial charge >= 0.3 is 0 Å². The third-order valence-corrected chi connectivity index (χ3v) is 3.59. The number of carbonyl (C=O) groups is 1. The zero-order chi connectivity index (χ0) is 17.4. The fourth-order valence-electron chi connectivity index (χ4n) is 1.61. The summed E-state index contributed by atoms with van der Waals surface area (Å²) in [6, 6.07) is 5.32. The molecule has 1 amide bonds. The summed E-state index contributed by atoms with van der Waals surface area (Å²) in [6.07, 6.45) is 0. The first-order chi connectivity index (χ1) is 10.8. The number of amides is 1. The Hall–Kier alpha value is -0.730. The van der Waals surface area contributed by atoms with Gasteiger partial charge in [0.15, 0.2) is 5.96 Å². The minimum atomic E-state index is -0.0198. The Morgan fingerprint density at radius 2 is 1.92 bits per heavy atom. The smallest absolute Gasteiger partial charge is 0.241 e. The van der Waals surface area contributed by atoms with Crippen LogP contribution in [-0.2, 0) is 11.3 Å². The molecule has 0 fully saturated rings. The molecule has 0 aliphatic carbocycles. The minimum Gasteiger partial charge on any atom is -0.356 e. The maximum Gasteiger partial charge on any atom is 0.241 e. The predicted molar refractivity (Wildman–Crippen MR) is 113 cm³/mol. The van der Waals surface area contributed by atoms with E-state index in [1.54, 1.807) is 26.2 Å². The molecule has 0 aliphatic heterocycles. The average Bonchev–Trinajstić information content (AvgIpc) is 2.47. The lowest BCUT2D eigenvalue weighted by atomic mass is 10.2. The van der Waals surface area contributed by atoms with E-state index in [9.17, 15) is 4.79 Å². The molecule has 0 bridgehead atoms. The number of nitrogens with zero attached hydrogens (tertiary/aromatic N) is 2. The maximum atomic E-state index is 11.7. The van der Waals surface area contributed by atoms with Crippen molar-refractivity contribution in [2.24, 2.45) is 10.9 Å². The zero-order valence-electron chi connectivity index (χ0n) is 14.4. The van der Waals surface area contributed by atoms with Crippen molar-refractivity contribution in [1.82, 2.24) is 15.5 Å². The van der Waals surface area contributed by atoms with E-state index in [1.807, 2.05) is 6.07 Å². The molecule has 0 spiro atoms. The fourth-order valence-corrected chi connectivity index (χ4v) is 2.07.